The lowest BCUT2D eigenvalue weighted by atomic mass is 10.0. The third kappa shape index (κ3) is 2.29. The van der Waals surface area contributed by atoms with Crippen molar-refractivity contribution < 1.29 is 13.9 Å². The zero-order chi connectivity index (χ0) is 12.6. The molecule has 2 fully saturated rings. The van der Waals surface area contributed by atoms with E-state index in [0.717, 1.165) is 18.2 Å². The van der Waals surface area contributed by atoms with E-state index >= 15 is 0 Å². The minimum atomic E-state index is -0.346. The van der Waals surface area contributed by atoms with Gasteiger partial charge in [-0.15, -0.1) is 0 Å². The highest BCUT2D eigenvalue weighted by molar-refractivity contribution is 5.88. The van der Waals surface area contributed by atoms with Crippen molar-refractivity contribution in [3.05, 3.63) is 23.7 Å². The number of furan rings is 1. The highest BCUT2D eigenvalue weighted by Gasteiger charge is 2.53. The van der Waals surface area contributed by atoms with Crippen molar-refractivity contribution in [2.45, 2.75) is 32.2 Å². The van der Waals surface area contributed by atoms with E-state index in [-0.39, 0.29) is 5.97 Å². The monoisotopic (exact) mass is 249 g/mol. The first-order valence-electron chi connectivity index (χ1n) is 6.60. The number of ether oxygens (including phenoxy) is 1. The SMILES string of the molecule is COC(=O)c1coc(CNCC2(C3CC3)CC2)c1. The van der Waals surface area contributed by atoms with Crippen LogP contribution in [0.4, 0.5) is 0 Å². The Hall–Kier alpha value is -1.29. The third-order valence-corrected chi connectivity index (χ3v) is 4.19. The summed E-state index contributed by atoms with van der Waals surface area (Å²) < 4.78 is 9.97. The maximum Gasteiger partial charge on any atom is 0.341 e. The van der Waals surface area contributed by atoms with Crippen LogP contribution in [0.25, 0.3) is 0 Å². The van der Waals surface area contributed by atoms with Gasteiger partial charge in [0.05, 0.1) is 19.2 Å². The molecule has 0 aliphatic heterocycles. The zero-order valence-corrected chi connectivity index (χ0v) is 10.7. The molecule has 0 atom stereocenters. The van der Waals surface area contributed by atoms with Gasteiger partial charge in [-0.2, -0.15) is 0 Å². The fraction of sp³-hybridized carbons (Fsp3) is 0.643. The number of nitrogens with one attached hydrogen (secondary N) is 1. The fourth-order valence-electron chi connectivity index (χ4n) is 2.72. The number of hydrogen-bond donors (Lipinski definition) is 1. The molecular weight excluding hydrogens is 230 g/mol. The van der Waals surface area contributed by atoms with Gasteiger partial charge in [0, 0.05) is 6.54 Å². The van der Waals surface area contributed by atoms with Gasteiger partial charge in [0.1, 0.15) is 12.0 Å². The predicted molar refractivity (Wildman–Crippen MR) is 66.1 cm³/mol. The number of methoxy groups -OCH3 is 1. The standard InChI is InChI=1S/C14H19NO3/c1-17-13(16)10-6-12(18-8-10)7-15-9-14(4-5-14)11-2-3-11/h6,8,11,15H,2-5,7,9H2,1H3. The van der Waals surface area contributed by atoms with Crippen LogP contribution in [0.1, 0.15) is 41.8 Å². The minimum absolute atomic E-state index is 0.346. The number of carbonyl (C=O) groups is 1. The lowest BCUT2D eigenvalue weighted by Gasteiger charge is -2.13. The maximum atomic E-state index is 11.3. The Balaban J connectivity index is 1.48. The summed E-state index contributed by atoms with van der Waals surface area (Å²) in [6.07, 6.45) is 7.02. The molecule has 0 unspecified atom stereocenters. The van der Waals surface area contributed by atoms with Crippen molar-refractivity contribution in [2.75, 3.05) is 13.7 Å². The van der Waals surface area contributed by atoms with Gasteiger partial charge < -0.3 is 14.5 Å². The second-order valence-electron chi connectivity index (χ2n) is 5.53. The highest BCUT2D eigenvalue weighted by atomic mass is 16.5. The van der Waals surface area contributed by atoms with E-state index in [2.05, 4.69) is 10.1 Å². The summed E-state index contributed by atoms with van der Waals surface area (Å²) in [7, 11) is 1.37. The number of esters is 1. The first kappa shape index (κ1) is 11.8. The molecule has 98 valence electrons. The molecule has 1 aromatic heterocycles. The highest BCUT2D eigenvalue weighted by Crippen LogP contribution is 2.60. The van der Waals surface area contributed by atoms with Crippen LogP contribution in [0.5, 0.6) is 0 Å². The summed E-state index contributed by atoms with van der Waals surface area (Å²) in [4.78, 5) is 11.3. The van der Waals surface area contributed by atoms with Gasteiger partial charge in [-0.3, -0.25) is 0 Å². The molecule has 0 amide bonds. The van der Waals surface area contributed by atoms with Crippen LogP contribution in [0, 0.1) is 11.3 Å². The van der Waals surface area contributed by atoms with Gasteiger partial charge in [0.25, 0.3) is 0 Å². The first-order valence-corrected chi connectivity index (χ1v) is 6.60. The van der Waals surface area contributed by atoms with E-state index < -0.39 is 0 Å². The van der Waals surface area contributed by atoms with Gasteiger partial charge >= 0.3 is 5.97 Å². The van der Waals surface area contributed by atoms with Gasteiger partial charge in [-0.1, -0.05) is 0 Å². The largest absolute Gasteiger partial charge is 0.467 e. The van der Waals surface area contributed by atoms with Gasteiger partial charge in [0.2, 0.25) is 0 Å². The van der Waals surface area contributed by atoms with Crippen LogP contribution in [0.2, 0.25) is 0 Å². The summed E-state index contributed by atoms with van der Waals surface area (Å²) in [6.45, 7) is 1.76. The molecule has 2 aliphatic carbocycles. The van der Waals surface area contributed by atoms with Crippen molar-refractivity contribution in [3.63, 3.8) is 0 Å². The molecular formula is C14H19NO3. The Labute approximate surface area is 107 Å². The molecule has 4 nitrogen and oxygen atoms in total. The van der Waals surface area contributed by atoms with Gasteiger partial charge in [-0.25, -0.2) is 4.79 Å². The van der Waals surface area contributed by atoms with Crippen LogP contribution in [-0.2, 0) is 11.3 Å². The molecule has 0 radical (unpaired) electrons. The van der Waals surface area contributed by atoms with E-state index in [0.29, 0.717) is 17.5 Å². The number of hydrogen-bond acceptors (Lipinski definition) is 4. The summed E-state index contributed by atoms with van der Waals surface area (Å²) in [6, 6.07) is 1.75. The van der Waals surface area contributed by atoms with Crippen molar-refractivity contribution in [2.24, 2.45) is 11.3 Å². The van der Waals surface area contributed by atoms with Crippen LogP contribution < -0.4 is 5.32 Å². The molecule has 0 aromatic carbocycles. The van der Waals surface area contributed by atoms with Crippen molar-refractivity contribution in [1.29, 1.82) is 0 Å². The summed E-state index contributed by atoms with van der Waals surface area (Å²) in [5.74, 6) is 1.41. The van der Waals surface area contributed by atoms with Gasteiger partial charge in [0.15, 0.2) is 0 Å². The minimum Gasteiger partial charge on any atom is -0.467 e. The second kappa shape index (κ2) is 4.43. The lowest BCUT2D eigenvalue weighted by Crippen LogP contribution is -2.24. The van der Waals surface area contributed by atoms with Gasteiger partial charge in [-0.05, 0) is 43.1 Å². The van der Waals surface area contributed by atoms with E-state index in [1.807, 2.05) is 0 Å². The fourth-order valence-corrected chi connectivity index (χ4v) is 2.72. The predicted octanol–water partition coefficient (Wildman–Crippen LogP) is 2.35. The van der Waals surface area contributed by atoms with E-state index in [1.54, 1.807) is 6.07 Å². The number of carbonyl (C=O) groups excluding carboxylic acids is 1. The topological polar surface area (TPSA) is 51.5 Å². The third-order valence-electron chi connectivity index (χ3n) is 4.19. The Morgan fingerprint density at radius 2 is 2.33 bits per heavy atom. The Morgan fingerprint density at radius 3 is 2.94 bits per heavy atom. The molecule has 1 heterocycles. The van der Waals surface area contributed by atoms with Crippen molar-refractivity contribution in [1.82, 2.24) is 5.32 Å². The molecule has 0 saturated heterocycles. The molecule has 0 spiro atoms. The molecule has 4 heteroatoms. The zero-order valence-electron chi connectivity index (χ0n) is 10.7. The Morgan fingerprint density at radius 1 is 1.56 bits per heavy atom. The smallest absolute Gasteiger partial charge is 0.341 e. The molecule has 1 N–H and O–H groups in total. The normalized spacial score (nSPS) is 20.7. The lowest BCUT2D eigenvalue weighted by molar-refractivity contribution is 0.0600. The van der Waals surface area contributed by atoms with Crippen LogP contribution in [0.15, 0.2) is 16.7 Å². The molecule has 0 bridgehead atoms. The Kier molecular flexibility index (Phi) is 2.90. The molecule has 2 saturated carbocycles. The quantitative estimate of drug-likeness (QED) is 0.786. The molecule has 18 heavy (non-hydrogen) atoms. The molecule has 1 aromatic rings. The molecule has 2 aliphatic rings. The molecule has 3 rings (SSSR count). The Bertz CT molecular complexity index is 444. The summed E-state index contributed by atoms with van der Waals surface area (Å²) in [5, 5.41) is 3.45. The average molecular weight is 249 g/mol. The van der Waals surface area contributed by atoms with Crippen LogP contribution >= 0.6 is 0 Å². The van der Waals surface area contributed by atoms with E-state index in [9.17, 15) is 4.79 Å². The maximum absolute atomic E-state index is 11.3. The van der Waals surface area contributed by atoms with Crippen LogP contribution in [0.3, 0.4) is 0 Å². The average Bonchev–Trinajstić information content (AvgIpc) is 3.27. The van der Waals surface area contributed by atoms with Crippen LogP contribution in [-0.4, -0.2) is 19.6 Å². The van der Waals surface area contributed by atoms with Crippen molar-refractivity contribution >= 4 is 5.97 Å². The van der Waals surface area contributed by atoms with Crippen molar-refractivity contribution in [3.8, 4) is 0 Å². The van der Waals surface area contributed by atoms with E-state index in [1.165, 1.54) is 39.1 Å². The second-order valence-corrected chi connectivity index (χ2v) is 5.53. The first-order chi connectivity index (χ1) is 8.73. The summed E-state index contributed by atoms with van der Waals surface area (Å²) >= 11 is 0. The number of rotatable bonds is 6. The van der Waals surface area contributed by atoms with E-state index in [4.69, 9.17) is 4.42 Å². The summed E-state index contributed by atoms with van der Waals surface area (Å²) in [5.41, 5.74) is 1.08.